The first-order valence-corrected chi connectivity index (χ1v) is 14.1. The number of fused-ring (bicyclic) bond motifs is 7. The van der Waals surface area contributed by atoms with Gasteiger partial charge in [-0.15, -0.1) is 0 Å². The fourth-order valence-electron chi connectivity index (χ4n) is 10.3. The van der Waals surface area contributed by atoms with Crippen LogP contribution in [-0.2, 0) is 14.4 Å². The highest BCUT2D eigenvalue weighted by Gasteiger charge is 2.73. The van der Waals surface area contributed by atoms with Crippen LogP contribution < -0.4 is 0 Å². The zero-order chi connectivity index (χ0) is 25.9. The molecule has 0 aromatic carbocycles. The molecule has 4 heteroatoms. The first-order chi connectivity index (χ1) is 16.1. The van der Waals surface area contributed by atoms with E-state index in [9.17, 15) is 19.5 Å². The lowest BCUT2D eigenvalue weighted by molar-refractivity contribution is -0.191. The quantitative estimate of drug-likeness (QED) is 0.409. The Bertz CT molecular complexity index is 1040. The van der Waals surface area contributed by atoms with E-state index < -0.39 is 27.6 Å². The molecular weight excluding hydrogens is 436 g/mol. The molecule has 0 bridgehead atoms. The van der Waals surface area contributed by atoms with Gasteiger partial charge in [0.25, 0.3) is 0 Å². The van der Waals surface area contributed by atoms with E-state index in [2.05, 4.69) is 41.5 Å². The Kier molecular flexibility index (Phi) is 5.27. The molecule has 0 unspecified atom stereocenters. The van der Waals surface area contributed by atoms with Crippen LogP contribution in [0.3, 0.4) is 0 Å². The predicted octanol–water partition coefficient (Wildman–Crippen LogP) is 6.87. The molecule has 194 valence electrons. The number of ketones is 3. The molecule has 4 nitrogen and oxygen atoms in total. The Morgan fingerprint density at radius 1 is 0.829 bits per heavy atom. The van der Waals surface area contributed by atoms with E-state index in [0.29, 0.717) is 31.1 Å². The van der Waals surface area contributed by atoms with Gasteiger partial charge in [-0.3, -0.25) is 14.4 Å². The minimum Gasteiger partial charge on any atom is -0.504 e. The summed E-state index contributed by atoms with van der Waals surface area (Å²) in [6.07, 6.45) is 6.23. The third-order valence-corrected chi connectivity index (χ3v) is 13.0. The van der Waals surface area contributed by atoms with Gasteiger partial charge in [-0.2, -0.15) is 0 Å². The van der Waals surface area contributed by atoms with E-state index in [4.69, 9.17) is 0 Å². The van der Waals surface area contributed by atoms with Crippen LogP contribution in [0.2, 0.25) is 0 Å². The molecule has 5 aliphatic carbocycles. The Hall–Kier alpha value is -1.45. The number of hydrogen-bond donors (Lipinski definition) is 1. The standard InChI is InChI=1S/C31H46O4/c1-17-9-12-28(5)16-22(33)31(8)23(19(28)15-18(17)2)24(34)25(35)26-29(6)13-11-21(32)27(3,4)20(29)10-14-30(26,31)7/h17-20,26,34H,9-16H2,1-8H3/t17-,18-,19-,20+,26-,28-,29+,30-,31-/m1/s1. The van der Waals surface area contributed by atoms with Crippen molar-refractivity contribution in [1.29, 1.82) is 0 Å². The summed E-state index contributed by atoms with van der Waals surface area (Å²) in [5, 5.41) is 11.8. The molecule has 5 aliphatic rings. The van der Waals surface area contributed by atoms with Crippen molar-refractivity contribution in [2.45, 2.75) is 107 Å². The summed E-state index contributed by atoms with van der Waals surface area (Å²) < 4.78 is 0. The average molecular weight is 483 g/mol. The van der Waals surface area contributed by atoms with E-state index in [1.807, 2.05) is 13.8 Å². The number of rotatable bonds is 0. The van der Waals surface area contributed by atoms with Gasteiger partial charge in [0.05, 0.1) is 5.41 Å². The third-order valence-electron chi connectivity index (χ3n) is 13.0. The van der Waals surface area contributed by atoms with Crippen LogP contribution in [0.15, 0.2) is 11.3 Å². The van der Waals surface area contributed by atoms with Crippen molar-refractivity contribution in [3.8, 4) is 0 Å². The van der Waals surface area contributed by atoms with Crippen LogP contribution in [0.5, 0.6) is 0 Å². The zero-order valence-corrected chi connectivity index (χ0v) is 23.2. The molecule has 0 radical (unpaired) electrons. The number of hydrogen-bond acceptors (Lipinski definition) is 4. The van der Waals surface area contributed by atoms with E-state index in [1.54, 1.807) is 0 Å². The minimum atomic E-state index is -0.841. The van der Waals surface area contributed by atoms with Crippen molar-refractivity contribution >= 4 is 17.3 Å². The largest absolute Gasteiger partial charge is 0.504 e. The lowest BCUT2D eigenvalue weighted by atomic mass is 9.33. The lowest BCUT2D eigenvalue weighted by Gasteiger charge is -2.68. The monoisotopic (exact) mass is 482 g/mol. The maximum Gasteiger partial charge on any atom is 0.201 e. The van der Waals surface area contributed by atoms with Crippen LogP contribution in [0.4, 0.5) is 0 Å². The fraction of sp³-hybridized carbons (Fsp3) is 0.839. The maximum atomic E-state index is 14.3. The van der Waals surface area contributed by atoms with Crippen LogP contribution in [0.1, 0.15) is 107 Å². The summed E-state index contributed by atoms with van der Waals surface area (Å²) in [6.45, 7) is 17.3. The highest BCUT2D eigenvalue weighted by Crippen LogP contribution is 2.74. The topological polar surface area (TPSA) is 71.4 Å². The average Bonchev–Trinajstić information content (AvgIpc) is 2.87. The smallest absolute Gasteiger partial charge is 0.201 e. The number of allylic oxidation sites excluding steroid dienone is 2. The number of Topliss-reactive ketones (excluding diaryl/α,β-unsaturated/α-hetero) is 3. The SMILES string of the molecule is C[C@@H]1CC[C@]2(C)CC(=O)[C@]3(C)C(=C(O)C(=O)[C@@H]4[C@@]5(C)CCC(=O)C(C)(C)[C@@H]5CC[C@]43C)[C@H]2C[C@H]1C. The molecule has 0 aromatic rings. The van der Waals surface area contributed by atoms with Crippen LogP contribution >= 0.6 is 0 Å². The summed E-state index contributed by atoms with van der Waals surface area (Å²) in [5.74, 6) is 1.000. The van der Waals surface area contributed by atoms with Gasteiger partial charge in [0.1, 0.15) is 11.6 Å². The molecule has 4 saturated carbocycles. The Morgan fingerprint density at radius 2 is 1.49 bits per heavy atom. The molecule has 4 fully saturated rings. The van der Waals surface area contributed by atoms with Gasteiger partial charge in [0.15, 0.2) is 5.76 Å². The van der Waals surface area contributed by atoms with Crippen LogP contribution in [0, 0.1) is 56.7 Å². The Labute approximate surface area is 211 Å². The molecule has 35 heavy (non-hydrogen) atoms. The van der Waals surface area contributed by atoms with Crippen molar-refractivity contribution in [2.24, 2.45) is 56.7 Å². The molecule has 9 atom stereocenters. The second-order valence-corrected chi connectivity index (χ2v) is 14.9. The second kappa shape index (κ2) is 7.32. The van der Waals surface area contributed by atoms with Crippen LogP contribution in [0.25, 0.3) is 0 Å². The zero-order valence-electron chi connectivity index (χ0n) is 23.2. The molecule has 0 aliphatic heterocycles. The Morgan fingerprint density at radius 3 is 2.14 bits per heavy atom. The molecule has 0 heterocycles. The van der Waals surface area contributed by atoms with Crippen molar-refractivity contribution < 1.29 is 19.5 Å². The van der Waals surface area contributed by atoms with Gasteiger partial charge in [-0.25, -0.2) is 0 Å². The summed E-state index contributed by atoms with van der Waals surface area (Å²) in [4.78, 5) is 41.6. The third kappa shape index (κ3) is 2.89. The normalized spacial score (nSPS) is 51.7. The Balaban J connectivity index is 1.72. The number of carbonyl (C=O) groups is 3. The van der Waals surface area contributed by atoms with E-state index in [-0.39, 0.29) is 40.4 Å². The summed E-state index contributed by atoms with van der Waals surface area (Å²) in [7, 11) is 0. The lowest BCUT2D eigenvalue weighted by Crippen LogP contribution is -2.68. The molecule has 0 aromatic heterocycles. The van der Waals surface area contributed by atoms with E-state index >= 15 is 0 Å². The highest BCUT2D eigenvalue weighted by atomic mass is 16.3. The second-order valence-electron chi connectivity index (χ2n) is 14.9. The van der Waals surface area contributed by atoms with E-state index in [1.165, 1.54) is 0 Å². The van der Waals surface area contributed by atoms with Crippen molar-refractivity contribution in [3.05, 3.63) is 11.3 Å². The fourth-order valence-corrected chi connectivity index (χ4v) is 10.3. The summed E-state index contributed by atoms with van der Waals surface area (Å²) in [6, 6.07) is 0. The molecule has 0 amide bonds. The van der Waals surface area contributed by atoms with Gasteiger partial charge in [0.2, 0.25) is 5.78 Å². The van der Waals surface area contributed by atoms with Crippen molar-refractivity contribution in [2.75, 3.05) is 0 Å². The molecule has 5 rings (SSSR count). The van der Waals surface area contributed by atoms with Gasteiger partial charge in [-0.1, -0.05) is 48.5 Å². The predicted molar refractivity (Wildman–Crippen MR) is 137 cm³/mol. The number of carbonyl (C=O) groups excluding carboxylic acids is 3. The van der Waals surface area contributed by atoms with Crippen LogP contribution in [-0.4, -0.2) is 22.5 Å². The van der Waals surface area contributed by atoms with Crippen molar-refractivity contribution in [1.82, 2.24) is 0 Å². The minimum absolute atomic E-state index is 0.0572. The molecule has 0 spiro atoms. The summed E-state index contributed by atoms with van der Waals surface area (Å²) >= 11 is 0. The maximum absolute atomic E-state index is 14.3. The first-order valence-electron chi connectivity index (χ1n) is 14.1. The van der Waals surface area contributed by atoms with Gasteiger partial charge in [0, 0.05) is 24.2 Å². The van der Waals surface area contributed by atoms with Crippen molar-refractivity contribution in [3.63, 3.8) is 0 Å². The number of aliphatic hydroxyl groups excluding tert-OH is 1. The van der Waals surface area contributed by atoms with Gasteiger partial charge < -0.3 is 5.11 Å². The molecule has 1 N–H and O–H groups in total. The van der Waals surface area contributed by atoms with E-state index in [0.717, 1.165) is 37.7 Å². The first kappa shape index (κ1) is 25.2. The molecule has 0 saturated heterocycles. The highest BCUT2D eigenvalue weighted by molar-refractivity contribution is 6.04. The number of aliphatic hydroxyl groups is 1. The van der Waals surface area contributed by atoms with Gasteiger partial charge >= 0.3 is 0 Å². The molecular formula is C31H46O4. The van der Waals surface area contributed by atoms with Gasteiger partial charge in [-0.05, 0) is 90.9 Å². The summed E-state index contributed by atoms with van der Waals surface area (Å²) in [5.41, 5.74) is -1.72.